The molecule has 0 saturated heterocycles. The SMILES string of the molecule is CCCCCCCCCCCC/C=C/CC/C=C/CC/C=C/C(O)C(COP(=O)(O)OCC[N+](C)(C)C)NC(=O)CC. The van der Waals surface area contributed by atoms with Gasteiger partial charge in [0, 0.05) is 6.42 Å². The number of nitrogens with zero attached hydrogens (tertiary/aromatic N) is 1. The summed E-state index contributed by atoms with van der Waals surface area (Å²) in [5.41, 5.74) is 0. The fourth-order valence-electron chi connectivity index (χ4n) is 4.15. The van der Waals surface area contributed by atoms with Gasteiger partial charge in [0.2, 0.25) is 5.91 Å². The second-order valence-electron chi connectivity index (χ2n) is 12.1. The van der Waals surface area contributed by atoms with E-state index >= 15 is 0 Å². The van der Waals surface area contributed by atoms with E-state index in [9.17, 15) is 19.4 Å². The number of rotatable bonds is 28. The Kier molecular flexibility index (Phi) is 25.4. The minimum atomic E-state index is -4.30. The van der Waals surface area contributed by atoms with Gasteiger partial charge in [0.15, 0.2) is 0 Å². The van der Waals surface area contributed by atoms with Gasteiger partial charge in [-0.15, -0.1) is 0 Å². The number of carbonyl (C=O) groups is 1. The lowest BCUT2D eigenvalue weighted by Crippen LogP contribution is -2.45. The molecule has 0 fully saturated rings. The highest BCUT2D eigenvalue weighted by Gasteiger charge is 2.27. The van der Waals surface area contributed by atoms with Crippen LogP contribution in [0.2, 0.25) is 0 Å². The minimum Gasteiger partial charge on any atom is -0.387 e. The first kappa shape index (κ1) is 40.7. The number of likely N-dealkylation sites (N-methyl/N-ethyl adjacent to an activating group) is 1. The number of allylic oxidation sites excluding steroid dienone is 5. The number of phosphoric ester groups is 1. The summed E-state index contributed by atoms with van der Waals surface area (Å²) in [5.74, 6) is -0.282. The molecule has 0 bridgehead atoms. The Morgan fingerprint density at radius 2 is 1.29 bits per heavy atom. The summed E-state index contributed by atoms with van der Waals surface area (Å²) in [6.07, 6.45) is 30.1. The molecular weight excluding hydrogens is 551 g/mol. The molecule has 3 unspecified atom stereocenters. The van der Waals surface area contributed by atoms with Crippen LogP contribution in [0.25, 0.3) is 0 Å². The summed E-state index contributed by atoms with van der Waals surface area (Å²) in [4.78, 5) is 21.9. The lowest BCUT2D eigenvalue weighted by atomic mass is 10.1. The van der Waals surface area contributed by atoms with E-state index in [-0.39, 0.29) is 25.5 Å². The van der Waals surface area contributed by atoms with Crippen LogP contribution in [0.1, 0.15) is 117 Å². The quantitative estimate of drug-likeness (QED) is 0.0362. The van der Waals surface area contributed by atoms with Gasteiger partial charge in [0.1, 0.15) is 13.2 Å². The van der Waals surface area contributed by atoms with Crippen LogP contribution in [0.15, 0.2) is 36.5 Å². The smallest absolute Gasteiger partial charge is 0.387 e. The second kappa shape index (κ2) is 26.2. The maximum Gasteiger partial charge on any atom is 0.472 e. The van der Waals surface area contributed by atoms with Crippen molar-refractivity contribution in [1.82, 2.24) is 5.32 Å². The Bertz CT molecular complexity index is 794. The van der Waals surface area contributed by atoms with Crippen LogP contribution < -0.4 is 5.32 Å². The van der Waals surface area contributed by atoms with Gasteiger partial charge in [-0.25, -0.2) is 4.57 Å². The van der Waals surface area contributed by atoms with Crippen LogP contribution >= 0.6 is 7.82 Å². The summed E-state index contributed by atoms with van der Waals surface area (Å²) in [6.45, 7) is 4.20. The van der Waals surface area contributed by atoms with Gasteiger partial charge in [0.05, 0.1) is 39.9 Å². The van der Waals surface area contributed by atoms with E-state index in [2.05, 4.69) is 36.5 Å². The molecule has 0 aromatic heterocycles. The number of hydrogen-bond donors (Lipinski definition) is 3. The molecule has 0 radical (unpaired) electrons. The predicted molar refractivity (Wildman–Crippen MR) is 175 cm³/mol. The molecule has 0 aliphatic rings. The Hall–Kier alpha value is -1.28. The van der Waals surface area contributed by atoms with Gasteiger partial charge in [-0.1, -0.05) is 108 Å². The van der Waals surface area contributed by atoms with Crippen LogP contribution in [0.5, 0.6) is 0 Å². The van der Waals surface area contributed by atoms with Gasteiger partial charge >= 0.3 is 7.82 Å². The van der Waals surface area contributed by atoms with Crippen molar-refractivity contribution in [3.8, 4) is 0 Å². The highest BCUT2D eigenvalue weighted by atomic mass is 31.2. The fraction of sp³-hybridized carbons (Fsp3) is 0.788. The molecular formula is C33H64N2O6P+. The van der Waals surface area contributed by atoms with E-state index in [4.69, 9.17) is 9.05 Å². The monoisotopic (exact) mass is 615 g/mol. The van der Waals surface area contributed by atoms with E-state index in [1.807, 2.05) is 27.2 Å². The molecule has 0 rings (SSSR count). The zero-order chi connectivity index (χ0) is 31.5. The molecule has 3 N–H and O–H groups in total. The highest BCUT2D eigenvalue weighted by molar-refractivity contribution is 7.47. The molecule has 0 aromatic carbocycles. The molecule has 0 aromatic rings. The maximum absolute atomic E-state index is 12.2. The van der Waals surface area contributed by atoms with Crippen LogP contribution in [-0.4, -0.2) is 73.4 Å². The van der Waals surface area contributed by atoms with Crippen molar-refractivity contribution in [3.63, 3.8) is 0 Å². The zero-order valence-corrected chi connectivity index (χ0v) is 28.4. The number of phosphoric acid groups is 1. The molecule has 0 aliphatic heterocycles. The van der Waals surface area contributed by atoms with Crippen molar-refractivity contribution < 1.29 is 32.9 Å². The molecule has 42 heavy (non-hydrogen) atoms. The molecule has 3 atom stereocenters. The summed E-state index contributed by atoms with van der Waals surface area (Å²) < 4.78 is 22.9. The number of carbonyl (C=O) groups excluding carboxylic acids is 1. The Balaban J connectivity index is 4.13. The van der Waals surface area contributed by atoms with Crippen molar-refractivity contribution in [2.75, 3.05) is 40.9 Å². The minimum absolute atomic E-state index is 0.0505. The van der Waals surface area contributed by atoms with Crippen molar-refractivity contribution in [2.45, 2.75) is 129 Å². The third kappa shape index (κ3) is 27.5. The number of nitrogens with one attached hydrogen (secondary N) is 1. The second-order valence-corrected chi connectivity index (χ2v) is 13.6. The average molecular weight is 616 g/mol. The number of amides is 1. The standard InChI is InChI=1S/C33H63N2O6P/c1-6-8-9-10-11-12-13-14-15-16-17-18-19-20-21-22-23-24-25-26-27-32(36)31(34-33(37)7-2)30-41-42(38,39)40-29-28-35(3,4)5/h18-19,22-23,26-27,31-32,36H,6-17,20-21,24-25,28-30H2,1-5H3,(H-,34,37,38,39)/p+1/b19-18+,23-22+,27-26+. The molecule has 9 heteroatoms. The number of quaternary nitrogens is 1. The largest absolute Gasteiger partial charge is 0.472 e. The summed E-state index contributed by atoms with van der Waals surface area (Å²) in [5, 5.41) is 13.2. The van der Waals surface area contributed by atoms with E-state index in [1.165, 1.54) is 70.6 Å². The summed E-state index contributed by atoms with van der Waals surface area (Å²) in [7, 11) is 1.53. The first-order chi connectivity index (χ1) is 20.0. The van der Waals surface area contributed by atoms with Crippen LogP contribution in [0.4, 0.5) is 0 Å². The molecule has 0 spiro atoms. The topological polar surface area (TPSA) is 105 Å². The third-order valence-corrected chi connectivity index (χ3v) is 7.89. The van der Waals surface area contributed by atoms with Gasteiger partial charge in [-0.3, -0.25) is 13.8 Å². The number of hydrogen-bond acceptors (Lipinski definition) is 5. The van der Waals surface area contributed by atoms with Gasteiger partial charge in [0.25, 0.3) is 0 Å². The summed E-state index contributed by atoms with van der Waals surface area (Å²) >= 11 is 0. The molecule has 0 saturated carbocycles. The first-order valence-electron chi connectivity index (χ1n) is 16.4. The molecule has 246 valence electrons. The fourth-order valence-corrected chi connectivity index (χ4v) is 4.89. The predicted octanol–water partition coefficient (Wildman–Crippen LogP) is 7.62. The van der Waals surface area contributed by atoms with E-state index in [1.54, 1.807) is 13.0 Å². The van der Waals surface area contributed by atoms with Crippen molar-refractivity contribution >= 4 is 13.7 Å². The van der Waals surface area contributed by atoms with Crippen molar-refractivity contribution in [1.29, 1.82) is 0 Å². The molecule has 0 heterocycles. The van der Waals surface area contributed by atoms with Crippen LogP contribution in [0.3, 0.4) is 0 Å². The Labute approximate surface area is 257 Å². The Morgan fingerprint density at radius 3 is 1.81 bits per heavy atom. The van der Waals surface area contributed by atoms with Crippen molar-refractivity contribution in [2.24, 2.45) is 0 Å². The van der Waals surface area contributed by atoms with Crippen LogP contribution in [0, 0.1) is 0 Å². The Morgan fingerprint density at radius 1 is 0.786 bits per heavy atom. The maximum atomic E-state index is 12.2. The highest BCUT2D eigenvalue weighted by Crippen LogP contribution is 2.43. The lowest BCUT2D eigenvalue weighted by molar-refractivity contribution is -0.870. The number of aliphatic hydroxyl groups excluding tert-OH is 1. The third-order valence-electron chi connectivity index (χ3n) is 6.90. The molecule has 0 aliphatic carbocycles. The van der Waals surface area contributed by atoms with E-state index < -0.39 is 20.0 Å². The van der Waals surface area contributed by atoms with Gasteiger partial charge < -0.3 is 19.8 Å². The average Bonchev–Trinajstić information content (AvgIpc) is 2.93. The molecule has 8 nitrogen and oxygen atoms in total. The van der Waals surface area contributed by atoms with Gasteiger partial charge in [-0.05, 0) is 38.5 Å². The van der Waals surface area contributed by atoms with E-state index in [0.29, 0.717) is 11.0 Å². The first-order valence-corrected chi connectivity index (χ1v) is 17.9. The van der Waals surface area contributed by atoms with E-state index in [0.717, 1.165) is 25.7 Å². The zero-order valence-electron chi connectivity index (χ0n) is 27.5. The number of unbranched alkanes of at least 4 members (excludes halogenated alkanes) is 12. The normalized spacial score (nSPS) is 15.5. The van der Waals surface area contributed by atoms with Crippen LogP contribution in [-0.2, 0) is 18.4 Å². The lowest BCUT2D eigenvalue weighted by Gasteiger charge is -2.25. The molecule has 1 amide bonds. The van der Waals surface area contributed by atoms with Crippen molar-refractivity contribution in [3.05, 3.63) is 36.5 Å². The van der Waals surface area contributed by atoms with Gasteiger partial charge in [-0.2, -0.15) is 0 Å². The summed E-state index contributed by atoms with van der Waals surface area (Å²) in [6, 6.07) is -0.862. The number of aliphatic hydroxyl groups is 1.